The number of primary sulfonamides is 1. The summed E-state index contributed by atoms with van der Waals surface area (Å²) in [6, 6.07) is 20.5. The Labute approximate surface area is 210 Å². The van der Waals surface area contributed by atoms with Crippen LogP contribution in [-0.4, -0.2) is 48.5 Å². The minimum absolute atomic E-state index is 0.125. The standard InChI is InChI=1S/C25H23AsN6O2S/c1-17-5-4-6-20(29-17)23-24(32-16-3-2-7-22(32)31-23)21-13-15-28-25(30-21)26-14-12-18-8-10-19(11-9-18)35(27,33)34/h2-11,13,15-16,26H,12,14H2,1H3,(H2,27,33,34). The molecule has 35 heavy (non-hydrogen) atoms. The number of rotatable bonds is 7. The van der Waals surface area contributed by atoms with E-state index in [1.54, 1.807) is 18.3 Å². The van der Waals surface area contributed by atoms with E-state index in [1.807, 2.05) is 72.1 Å². The van der Waals surface area contributed by atoms with Crippen LogP contribution < -0.4 is 9.75 Å². The second kappa shape index (κ2) is 9.70. The summed E-state index contributed by atoms with van der Waals surface area (Å²) in [6.45, 7) is 1.97. The third-order valence-corrected chi connectivity index (χ3v) is 8.65. The predicted octanol–water partition coefficient (Wildman–Crippen LogP) is 2.53. The zero-order valence-corrected chi connectivity index (χ0v) is 21.9. The van der Waals surface area contributed by atoms with Gasteiger partial charge in [-0.15, -0.1) is 0 Å². The van der Waals surface area contributed by atoms with Gasteiger partial charge >= 0.3 is 211 Å². The molecular formula is C25H23AsN6O2S. The summed E-state index contributed by atoms with van der Waals surface area (Å²) in [4.78, 5) is 19.1. The van der Waals surface area contributed by atoms with Crippen LogP contribution in [0.4, 0.5) is 0 Å². The summed E-state index contributed by atoms with van der Waals surface area (Å²) < 4.78 is 25.8. The van der Waals surface area contributed by atoms with Crippen LogP contribution in [0.15, 0.2) is 84.0 Å². The molecule has 10 heteroatoms. The van der Waals surface area contributed by atoms with E-state index in [9.17, 15) is 8.42 Å². The van der Waals surface area contributed by atoms with Crippen LogP contribution in [0, 0.1) is 6.92 Å². The summed E-state index contributed by atoms with van der Waals surface area (Å²) in [5, 5.41) is 6.12. The van der Waals surface area contributed by atoms with Crippen LogP contribution in [0.2, 0.25) is 5.21 Å². The Morgan fingerprint density at radius 3 is 2.51 bits per heavy atom. The molecule has 0 amide bonds. The summed E-state index contributed by atoms with van der Waals surface area (Å²) in [5.41, 5.74) is 6.13. The van der Waals surface area contributed by atoms with E-state index in [-0.39, 0.29) is 4.90 Å². The maximum atomic E-state index is 11.4. The second-order valence-electron chi connectivity index (χ2n) is 8.03. The van der Waals surface area contributed by atoms with Crippen molar-refractivity contribution < 1.29 is 8.42 Å². The number of aryl methyl sites for hydroxylation is 2. The summed E-state index contributed by atoms with van der Waals surface area (Å²) >= 11 is -0.603. The van der Waals surface area contributed by atoms with E-state index >= 15 is 0 Å². The third kappa shape index (κ3) is 5.17. The number of imidazole rings is 1. The van der Waals surface area contributed by atoms with Crippen molar-refractivity contribution in [2.45, 2.75) is 23.4 Å². The molecule has 2 N–H and O–H groups in total. The molecule has 0 saturated carbocycles. The predicted molar refractivity (Wildman–Crippen MR) is 137 cm³/mol. The summed E-state index contributed by atoms with van der Waals surface area (Å²) in [6.07, 6.45) is 4.62. The fourth-order valence-electron chi connectivity index (χ4n) is 3.83. The van der Waals surface area contributed by atoms with Crippen LogP contribution >= 0.6 is 0 Å². The Morgan fingerprint density at radius 2 is 1.74 bits per heavy atom. The molecule has 0 aliphatic carbocycles. The molecule has 0 saturated heterocycles. The van der Waals surface area contributed by atoms with Gasteiger partial charge in [0.05, 0.1) is 0 Å². The van der Waals surface area contributed by atoms with Crippen molar-refractivity contribution in [1.82, 2.24) is 24.3 Å². The van der Waals surface area contributed by atoms with Crippen LogP contribution in [-0.2, 0) is 16.4 Å². The van der Waals surface area contributed by atoms with Gasteiger partial charge in [-0.25, -0.2) is 0 Å². The molecule has 0 bridgehead atoms. The van der Waals surface area contributed by atoms with Crippen LogP contribution in [0.3, 0.4) is 0 Å². The molecule has 0 fully saturated rings. The zero-order valence-electron chi connectivity index (χ0n) is 19.0. The Morgan fingerprint density at radius 1 is 0.914 bits per heavy atom. The van der Waals surface area contributed by atoms with Crippen molar-refractivity contribution in [1.29, 1.82) is 0 Å². The fourth-order valence-corrected chi connectivity index (χ4v) is 6.45. The van der Waals surface area contributed by atoms with Crippen molar-refractivity contribution in [3.05, 3.63) is 90.4 Å². The number of hydrogen-bond donors (Lipinski definition) is 1. The van der Waals surface area contributed by atoms with Gasteiger partial charge in [-0.05, 0) is 0 Å². The van der Waals surface area contributed by atoms with Crippen molar-refractivity contribution in [3.8, 4) is 22.8 Å². The molecule has 0 aliphatic heterocycles. The minimum atomic E-state index is -3.67. The molecule has 5 rings (SSSR count). The van der Waals surface area contributed by atoms with E-state index < -0.39 is 25.8 Å². The number of aromatic nitrogens is 5. The topological polar surface area (TPSA) is 116 Å². The van der Waals surface area contributed by atoms with E-state index in [1.165, 1.54) is 0 Å². The number of hydrogen-bond acceptors (Lipinski definition) is 6. The Hall–Kier alpha value is -3.39. The Balaban J connectivity index is 1.41. The number of pyridine rings is 2. The second-order valence-corrected chi connectivity index (χ2v) is 12.3. The number of fused-ring (bicyclic) bond motifs is 1. The maximum absolute atomic E-state index is 11.4. The van der Waals surface area contributed by atoms with Crippen molar-refractivity contribution in [3.63, 3.8) is 0 Å². The molecule has 0 spiro atoms. The first-order valence-corrected chi connectivity index (χ1v) is 15.1. The van der Waals surface area contributed by atoms with Crippen molar-refractivity contribution in [2.24, 2.45) is 5.14 Å². The van der Waals surface area contributed by atoms with Crippen LogP contribution in [0.5, 0.6) is 0 Å². The summed E-state index contributed by atoms with van der Waals surface area (Å²) in [7, 11) is -3.67. The average molecular weight is 546 g/mol. The first-order chi connectivity index (χ1) is 16.9. The average Bonchev–Trinajstić information content (AvgIpc) is 3.24. The first-order valence-electron chi connectivity index (χ1n) is 11.0. The normalized spacial score (nSPS) is 12.1. The quantitative estimate of drug-likeness (QED) is 0.314. The fraction of sp³-hybridized carbons (Fsp3) is 0.120. The van der Waals surface area contributed by atoms with Crippen molar-refractivity contribution >= 4 is 36.0 Å². The van der Waals surface area contributed by atoms with Gasteiger partial charge in [-0.3, -0.25) is 0 Å². The van der Waals surface area contributed by atoms with Gasteiger partial charge in [0.1, 0.15) is 0 Å². The molecular weight excluding hydrogens is 523 g/mol. The molecule has 176 valence electrons. The Bertz CT molecular complexity index is 1620. The molecule has 4 heterocycles. The molecule has 1 aromatic carbocycles. The summed E-state index contributed by atoms with van der Waals surface area (Å²) in [5.74, 6) is 0. The SMILES string of the molecule is Cc1cccc(-c2nc3ccccn3c2-c2ccnc([AsH]CCc3ccc(S(N)(=O)=O)cc3)n2)n1. The van der Waals surface area contributed by atoms with Gasteiger partial charge in [-0.2, -0.15) is 0 Å². The van der Waals surface area contributed by atoms with Crippen LogP contribution in [0.25, 0.3) is 28.4 Å². The van der Waals surface area contributed by atoms with Gasteiger partial charge in [-0.1, -0.05) is 0 Å². The van der Waals surface area contributed by atoms with E-state index in [0.717, 1.165) is 55.9 Å². The third-order valence-electron chi connectivity index (χ3n) is 5.51. The molecule has 8 nitrogen and oxygen atoms in total. The number of benzene rings is 1. The van der Waals surface area contributed by atoms with E-state index in [0.29, 0.717) is 0 Å². The molecule has 0 aliphatic rings. The van der Waals surface area contributed by atoms with Gasteiger partial charge in [0.25, 0.3) is 0 Å². The van der Waals surface area contributed by atoms with Crippen LogP contribution in [0.1, 0.15) is 11.3 Å². The van der Waals surface area contributed by atoms with E-state index in [2.05, 4.69) is 4.98 Å². The number of nitrogens with zero attached hydrogens (tertiary/aromatic N) is 5. The molecule has 5 aromatic rings. The Kier molecular flexibility index (Phi) is 6.47. The number of nitrogens with two attached hydrogens (primary N) is 1. The first kappa shape index (κ1) is 23.4. The molecule has 4 aromatic heterocycles. The zero-order chi connectivity index (χ0) is 24.4. The molecule has 1 unspecified atom stereocenters. The van der Waals surface area contributed by atoms with Gasteiger partial charge in [0, 0.05) is 0 Å². The molecule has 0 radical (unpaired) electrons. The van der Waals surface area contributed by atoms with Gasteiger partial charge < -0.3 is 0 Å². The molecule has 1 atom stereocenters. The number of sulfonamides is 1. The monoisotopic (exact) mass is 546 g/mol. The van der Waals surface area contributed by atoms with E-state index in [4.69, 9.17) is 20.1 Å². The van der Waals surface area contributed by atoms with Gasteiger partial charge in [0.2, 0.25) is 0 Å². The van der Waals surface area contributed by atoms with Crippen molar-refractivity contribution in [2.75, 3.05) is 0 Å². The van der Waals surface area contributed by atoms with Gasteiger partial charge in [0.15, 0.2) is 0 Å².